The van der Waals surface area contributed by atoms with Crippen molar-refractivity contribution in [3.8, 4) is 78.4 Å². The molecular weight excluding hydrogens is 1140 g/mol. The van der Waals surface area contributed by atoms with Crippen molar-refractivity contribution in [2.24, 2.45) is 0 Å². The van der Waals surface area contributed by atoms with Crippen LogP contribution in [-0.2, 0) is 0 Å². The maximum Gasteiger partial charge on any atom is 0.0541 e. The SMILES string of the molecule is c1ccc(-c2ccc(-n3c4ccccc4c4cc(-c5ccc6c(c5)c5ccccc5n6-c5cccc(-c6ccccc6)c5)ccc43)cc2)cc1.c1ccc(-c2ccc(-n3c4ccccc4c4cc(-c5ccc6c(c5)c5ccccc5n6-c5ccccc5)ccc43)cc2)cc1. The van der Waals surface area contributed by atoms with Crippen molar-refractivity contribution in [1.82, 2.24) is 18.3 Å². The van der Waals surface area contributed by atoms with Gasteiger partial charge in [0.25, 0.3) is 0 Å². The molecule has 15 aromatic carbocycles. The Balaban J connectivity index is 0.000000139. The van der Waals surface area contributed by atoms with Gasteiger partial charge in [0, 0.05) is 65.8 Å². The zero-order valence-corrected chi connectivity index (χ0v) is 51.4. The molecule has 94 heavy (non-hydrogen) atoms. The van der Waals surface area contributed by atoms with Crippen molar-refractivity contribution in [2.45, 2.75) is 0 Å². The normalized spacial score (nSPS) is 11.6. The highest BCUT2D eigenvalue weighted by Gasteiger charge is 2.20. The van der Waals surface area contributed by atoms with E-state index < -0.39 is 0 Å². The quantitative estimate of drug-likeness (QED) is 0.137. The average molecular weight is 1200 g/mol. The van der Waals surface area contributed by atoms with E-state index in [1.807, 2.05) is 0 Å². The van der Waals surface area contributed by atoms with Gasteiger partial charge in [0.05, 0.1) is 44.1 Å². The summed E-state index contributed by atoms with van der Waals surface area (Å²) in [6.07, 6.45) is 0. The number of hydrogen-bond acceptors (Lipinski definition) is 0. The predicted molar refractivity (Wildman–Crippen MR) is 397 cm³/mol. The van der Waals surface area contributed by atoms with Crippen LogP contribution in [0.1, 0.15) is 0 Å². The fourth-order valence-corrected chi connectivity index (χ4v) is 14.6. The maximum absolute atomic E-state index is 2.40. The van der Waals surface area contributed by atoms with Gasteiger partial charge in [-0.15, -0.1) is 0 Å². The minimum atomic E-state index is 1.16. The Bertz CT molecular complexity index is 6050. The van der Waals surface area contributed by atoms with E-state index in [1.165, 1.54) is 154 Å². The third-order valence-corrected chi connectivity index (χ3v) is 19.0. The van der Waals surface area contributed by atoms with E-state index in [9.17, 15) is 0 Å². The Morgan fingerprint density at radius 2 is 0.330 bits per heavy atom. The van der Waals surface area contributed by atoms with Crippen LogP contribution in [0.15, 0.2) is 364 Å². The lowest BCUT2D eigenvalue weighted by Gasteiger charge is -2.11. The fraction of sp³-hybridized carbons (Fsp3) is 0. The first kappa shape index (κ1) is 54.4. The lowest BCUT2D eigenvalue weighted by Crippen LogP contribution is -1.94. The van der Waals surface area contributed by atoms with E-state index in [1.54, 1.807) is 0 Å². The number of nitrogens with zero attached hydrogens (tertiary/aromatic N) is 4. The number of hydrogen-bond donors (Lipinski definition) is 0. The minimum absolute atomic E-state index is 1.16. The van der Waals surface area contributed by atoms with Gasteiger partial charge in [-0.25, -0.2) is 0 Å². The summed E-state index contributed by atoms with van der Waals surface area (Å²) in [7, 11) is 0. The molecule has 19 aromatic rings. The predicted octanol–water partition coefficient (Wildman–Crippen LogP) is 24.1. The molecule has 0 aliphatic carbocycles. The second kappa shape index (κ2) is 22.8. The van der Waals surface area contributed by atoms with E-state index in [0.29, 0.717) is 0 Å². The lowest BCUT2D eigenvalue weighted by molar-refractivity contribution is 1.18. The van der Waals surface area contributed by atoms with Crippen LogP contribution in [0.4, 0.5) is 0 Å². The highest BCUT2D eigenvalue weighted by Crippen LogP contribution is 2.42. The molecule has 0 radical (unpaired) electrons. The molecule has 4 nitrogen and oxygen atoms in total. The number of aromatic nitrogens is 4. The van der Waals surface area contributed by atoms with Gasteiger partial charge >= 0.3 is 0 Å². The zero-order chi connectivity index (χ0) is 62.1. The molecule has 0 saturated carbocycles. The third kappa shape index (κ3) is 9.30. The summed E-state index contributed by atoms with van der Waals surface area (Å²) in [5, 5.41) is 10.1. The molecule has 0 amide bonds. The molecule has 0 fully saturated rings. The molecule has 0 spiro atoms. The van der Waals surface area contributed by atoms with Gasteiger partial charge in [0.2, 0.25) is 0 Å². The van der Waals surface area contributed by atoms with Gasteiger partial charge in [-0.2, -0.15) is 0 Å². The smallest absolute Gasteiger partial charge is 0.0541 e. The molecular formula is C90H60N4. The Morgan fingerprint density at radius 1 is 0.117 bits per heavy atom. The standard InChI is InChI=1S/C48H32N2.C42H28N2/c1-3-12-33(13-4-1)35-22-26-39(27-23-35)49-45-20-9-7-18-41(45)43-31-37(24-28-47(43)49)38-25-29-48-44(32-38)42-19-8-10-21-46(42)50(48)40-17-11-16-36(30-40)34-14-5-2-6-15-34;1-3-11-29(12-4-1)30-19-23-34(24-20-30)44-40-18-10-8-16-36(40)38-28-32(22-26-42(38)44)31-21-25-41-37(27-31)35-15-7-9-17-39(35)43(41)33-13-5-2-6-14-33/h1-32H;1-28H. The van der Waals surface area contributed by atoms with Crippen molar-refractivity contribution >= 4 is 87.2 Å². The second-order valence-electron chi connectivity index (χ2n) is 24.4. The Morgan fingerprint density at radius 3 is 0.670 bits per heavy atom. The molecule has 0 unspecified atom stereocenters. The molecule has 0 saturated heterocycles. The largest absolute Gasteiger partial charge is 0.309 e. The number of fused-ring (bicyclic) bond motifs is 12. The Kier molecular flexibility index (Phi) is 13.2. The van der Waals surface area contributed by atoms with Crippen LogP contribution in [0.2, 0.25) is 0 Å². The van der Waals surface area contributed by atoms with Gasteiger partial charge in [0.1, 0.15) is 0 Å². The highest BCUT2D eigenvalue weighted by atomic mass is 15.0. The van der Waals surface area contributed by atoms with Crippen LogP contribution in [-0.4, -0.2) is 18.3 Å². The van der Waals surface area contributed by atoms with E-state index in [4.69, 9.17) is 0 Å². The van der Waals surface area contributed by atoms with Gasteiger partial charge in [-0.1, -0.05) is 243 Å². The summed E-state index contributed by atoms with van der Waals surface area (Å²) in [6.45, 7) is 0. The molecule has 440 valence electrons. The first-order valence-corrected chi connectivity index (χ1v) is 32.3. The van der Waals surface area contributed by atoms with Crippen LogP contribution in [0, 0.1) is 0 Å². The van der Waals surface area contributed by atoms with Gasteiger partial charge in [-0.05, 0) is 177 Å². The number of para-hydroxylation sites is 5. The topological polar surface area (TPSA) is 19.7 Å². The maximum atomic E-state index is 2.40. The molecule has 4 heteroatoms. The van der Waals surface area contributed by atoms with Crippen molar-refractivity contribution < 1.29 is 0 Å². The monoisotopic (exact) mass is 1200 g/mol. The zero-order valence-electron chi connectivity index (χ0n) is 51.4. The lowest BCUT2D eigenvalue weighted by atomic mass is 10.0. The number of benzene rings is 15. The summed E-state index contributed by atoms with van der Waals surface area (Å²) in [5.74, 6) is 0. The summed E-state index contributed by atoms with van der Waals surface area (Å²) in [5.41, 5.74) is 26.6. The molecule has 4 heterocycles. The fourth-order valence-electron chi connectivity index (χ4n) is 14.6. The van der Waals surface area contributed by atoms with E-state index >= 15 is 0 Å². The van der Waals surface area contributed by atoms with Crippen LogP contribution in [0.25, 0.3) is 166 Å². The summed E-state index contributed by atoms with van der Waals surface area (Å²) >= 11 is 0. The molecule has 4 aromatic heterocycles. The van der Waals surface area contributed by atoms with Gasteiger partial charge in [-0.3, -0.25) is 0 Å². The Hall–Kier alpha value is -12.5. The first-order chi connectivity index (χ1) is 46.6. The van der Waals surface area contributed by atoms with Crippen LogP contribution >= 0.6 is 0 Å². The van der Waals surface area contributed by atoms with E-state index in [2.05, 4.69) is 382 Å². The van der Waals surface area contributed by atoms with Gasteiger partial charge < -0.3 is 18.3 Å². The molecule has 0 atom stereocenters. The van der Waals surface area contributed by atoms with Crippen molar-refractivity contribution in [3.63, 3.8) is 0 Å². The highest BCUT2D eigenvalue weighted by molar-refractivity contribution is 6.15. The van der Waals surface area contributed by atoms with Crippen LogP contribution in [0.3, 0.4) is 0 Å². The summed E-state index contributed by atoms with van der Waals surface area (Å²) in [4.78, 5) is 0. The number of rotatable bonds is 9. The minimum Gasteiger partial charge on any atom is -0.309 e. The van der Waals surface area contributed by atoms with Crippen molar-refractivity contribution in [1.29, 1.82) is 0 Å². The molecule has 0 bridgehead atoms. The third-order valence-electron chi connectivity index (χ3n) is 19.0. The first-order valence-electron chi connectivity index (χ1n) is 32.3. The Labute approximate surface area is 544 Å². The summed E-state index contributed by atoms with van der Waals surface area (Å²) in [6, 6.07) is 132. The summed E-state index contributed by atoms with van der Waals surface area (Å²) < 4.78 is 9.55. The molecule has 19 rings (SSSR count). The van der Waals surface area contributed by atoms with E-state index in [0.717, 1.165) is 11.4 Å². The van der Waals surface area contributed by atoms with Crippen molar-refractivity contribution in [2.75, 3.05) is 0 Å². The second-order valence-corrected chi connectivity index (χ2v) is 24.4. The van der Waals surface area contributed by atoms with Crippen LogP contribution < -0.4 is 0 Å². The van der Waals surface area contributed by atoms with Crippen LogP contribution in [0.5, 0.6) is 0 Å². The molecule has 0 aliphatic heterocycles. The van der Waals surface area contributed by atoms with Gasteiger partial charge in [0.15, 0.2) is 0 Å². The van der Waals surface area contributed by atoms with E-state index in [-0.39, 0.29) is 0 Å². The van der Waals surface area contributed by atoms with Crippen molar-refractivity contribution in [3.05, 3.63) is 364 Å². The average Bonchev–Trinajstić information content (AvgIpc) is 1.61. The molecule has 0 N–H and O–H groups in total. The molecule has 0 aliphatic rings.